The Bertz CT molecular complexity index is 279. The van der Waals surface area contributed by atoms with Gasteiger partial charge in [0.2, 0.25) is 0 Å². The number of aromatic nitrogens is 2. The number of imidazole rings is 1. The second-order valence-electron chi connectivity index (χ2n) is 2.31. The first-order valence-electron chi connectivity index (χ1n) is 3.15. The zero-order chi connectivity index (χ0) is 9.35. The quantitative estimate of drug-likeness (QED) is 0.698. The molecule has 0 atom stereocenters. The smallest absolute Gasteiger partial charge is 0.390 e. The molecular weight excluding hydrogens is 173 g/mol. The zero-order valence-electron chi connectivity index (χ0n) is 6.26. The molecule has 6 heteroatoms. The monoisotopic (exact) mass is 180 g/mol. The highest BCUT2D eigenvalue weighted by atomic mass is 19.4. The minimum Gasteiger partial charge on any atom is -0.390 e. The molecule has 12 heavy (non-hydrogen) atoms. The number of aliphatic hydroxyl groups is 1. The third kappa shape index (κ3) is 1.42. The van der Waals surface area contributed by atoms with Crippen molar-refractivity contribution in [3.05, 3.63) is 17.7 Å². The van der Waals surface area contributed by atoms with Crippen LogP contribution in [0.2, 0.25) is 0 Å². The number of rotatable bonds is 1. The van der Waals surface area contributed by atoms with Crippen LogP contribution in [0.3, 0.4) is 0 Å². The first-order valence-corrected chi connectivity index (χ1v) is 3.15. The fourth-order valence-corrected chi connectivity index (χ4v) is 0.958. The van der Waals surface area contributed by atoms with Crippen LogP contribution < -0.4 is 0 Å². The highest BCUT2D eigenvalue weighted by Crippen LogP contribution is 2.30. The molecule has 0 spiro atoms. The molecule has 1 aromatic heterocycles. The Morgan fingerprint density at radius 3 is 2.50 bits per heavy atom. The van der Waals surface area contributed by atoms with Gasteiger partial charge in [-0.05, 0) is 0 Å². The van der Waals surface area contributed by atoms with Gasteiger partial charge in [-0.1, -0.05) is 0 Å². The van der Waals surface area contributed by atoms with Gasteiger partial charge in [0, 0.05) is 7.05 Å². The van der Waals surface area contributed by atoms with Gasteiger partial charge in [-0.2, -0.15) is 13.2 Å². The molecule has 0 fully saturated rings. The van der Waals surface area contributed by atoms with Crippen LogP contribution in [0.25, 0.3) is 0 Å². The lowest BCUT2D eigenvalue weighted by molar-refractivity contribution is -0.144. The predicted molar refractivity (Wildman–Crippen MR) is 34.1 cm³/mol. The van der Waals surface area contributed by atoms with Gasteiger partial charge < -0.3 is 9.67 Å². The largest absolute Gasteiger partial charge is 0.433 e. The van der Waals surface area contributed by atoms with Gasteiger partial charge in [0.05, 0.1) is 18.6 Å². The van der Waals surface area contributed by atoms with E-state index in [0.717, 1.165) is 10.9 Å². The molecule has 0 aliphatic carbocycles. The summed E-state index contributed by atoms with van der Waals surface area (Å²) in [5, 5.41) is 8.52. The van der Waals surface area contributed by atoms with Crippen LogP contribution in [0, 0.1) is 0 Å². The van der Waals surface area contributed by atoms with E-state index in [-0.39, 0.29) is 5.69 Å². The number of alkyl halides is 3. The van der Waals surface area contributed by atoms with Crippen molar-refractivity contribution in [3.63, 3.8) is 0 Å². The predicted octanol–water partition coefficient (Wildman–Crippen LogP) is 0.931. The van der Waals surface area contributed by atoms with Crippen molar-refractivity contribution in [1.29, 1.82) is 0 Å². The molecule has 0 aromatic carbocycles. The summed E-state index contributed by atoms with van der Waals surface area (Å²) >= 11 is 0. The molecule has 0 bridgehead atoms. The van der Waals surface area contributed by atoms with Crippen molar-refractivity contribution < 1.29 is 18.3 Å². The summed E-state index contributed by atoms with van der Waals surface area (Å²) < 4.78 is 37.3. The van der Waals surface area contributed by atoms with E-state index >= 15 is 0 Å². The van der Waals surface area contributed by atoms with Crippen LogP contribution in [0.15, 0.2) is 6.33 Å². The fourth-order valence-electron chi connectivity index (χ4n) is 0.958. The minimum absolute atomic E-state index is 0.343. The molecule has 0 saturated heterocycles. The Balaban J connectivity index is 3.19. The van der Waals surface area contributed by atoms with Crippen molar-refractivity contribution in [1.82, 2.24) is 9.55 Å². The van der Waals surface area contributed by atoms with E-state index in [9.17, 15) is 13.2 Å². The van der Waals surface area contributed by atoms with Crippen molar-refractivity contribution in [2.24, 2.45) is 7.05 Å². The Labute approximate surface area is 66.5 Å². The standard InChI is InChI=1S/C6H7F3N2O/c1-11-3-10-4(2-12)5(11)6(7,8)9/h3,12H,2H2,1H3. The lowest BCUT2D eigenvalue weighted by Crippen LogP contribution is -2.13. The molecule has 0 unspecified atom stereocenters. The Morgan fingerprint density at radius 2 is 2.17 bits per heavy atom. The molecule has 1 aromatic rings. The second-order valence-corrected chi connectivity index (χ2v) is 2.31. The lowest BCUT2D eigenvalue weighted by Gasteiger charge is -2.07. The Morgan fingerprint density at radius 1 is 1.58 bits per heavy atom. The van der Waals surface area contributed by atoms with Crippen LogP contribution in [0.4, 0.5) is 13.2 Å². The summed E-state index contributed by atoms with van der Waals surface area (Å²) in [5.74, 6) is 0. The Hall–Kier alpha value is -1.04. The van der Waals surface area contributed by atoms with Crippen molar-refractivity contribution >= 4 is 0 Å². The van der Waals surface area contributed by atoms with Crippen molar-refractivity contribution in [2.75, 3.05) is 0 Å². The average Bonchev–Trinajstić information content (AvgIpc) is 2.29. The molecule has 0 radical (unpaired) electrons. The van der Waals surface area contributed by atoms with Crippen molar-refractivity contribution in [2.45, 2.75) is 12.8 Å². The number of aryl methyl sites for hydroxylation is 1. The van der Waals surface area contributed by atoms with E-state index in [2.05, 4.69) is 4.98 Å². The molecule has 0 aliphatic heterocycles. The number of hydrogen-bond donors (Lipinski definition) is 1. The molecule has 68 valence electrons. The molecule has 0 aliphatic rings. The topological polar surface area (TPSA) is 38.0 Å². The molecule has 1 heterocycles. The lowest BCUT2D eigenvalue weighted by atomic mass is 10.3. The van der Waals surface area contributed by atoms with E-state index in [1.54, 1.807) is 0 Å². The summed E-state index contributed by atoms with van der Waals surface area (Å²) in [5.41, 5.74) is -1.24. The number of hydrogen-bond acceptors (Lipinski definition) is 2. The molecule has 0 saturated carbocycles. The summed E-state index contributed by atoms with van der Waals surface area (Å²) in [7, 11) is 1.23. The molecule has 0 amide bonds. The van der Waals surface area contributed by atoms with Gasteiger partial charge in [0.25, 0.3) is 0 Å². The van der Waals surface area contributed by atoms with Crippen LogP contribution in [0.5, 0.6) is 0 Å². The van der Waals surface area contributed by atoms with Crippen LogP contribution in [0.1, 0.15) is 11.4 Å². The van der Waals surface area contributed by atoms with E-state index in [4.69, 9.17) is 5.11 Å². The third-order valence-electron chi connectivity index (χ3n) is 1.43. The molecular formula is C6H7F3N2O. The molecule has 1 N–H and O–H groups in total. The van der Waals surface area contributed by atoms with Crippen LogP contribution in [-0.2, 0) is 19.8 Å². The van der Waals surface area contributed by atoms with E-state index < -0.39 is 18.5 Å². The van der Waals surface area contributed by atoms with Gasteiger partial charge in [0.1, 0.15) is 5.69 Å². The number of nitrogens with zero attached hydrogens (tertiary/aromatic N) is 2. The highest BCUT2D eigenvalue weighted by Gasteiger charge is 2.36. The fraction of sp³-hybridized carbons (Fsp3) is 0.500. The zero-order valence-corrected chi connectivity index (χ0v) is 6.26. The summed E-state index contributed by atoms with van der Waals surface area (Å²) in [4.78, 5) is 3.39. The number of aliphatic hydroxyl groups excluding tert-OH is 1. The van der Waals surface area contributed by atoms with Crippen LogP contribution >= 0.6 is 0 Å². The van der Waals surface area contributed by atoms with Gasteiger partial charge in [-0.15, -0.1) is 0 Å². The maximum Gasteiger partial charge on any atom is 0.433 e. The maximum atomic E-state index is 12.2. The van der Waals surface area contributed by atoms with Gasteiger partial charge in [-0.25, -0.2) is 4.98 Å². The second kappa shape index (κ2) is 2.78. The average molecular weight is 180 g/mol. The van der Waals surface area contributed by atoms with E-state index in [1.807, 2.05) is 0 Å². The number of halogens is 3. The molecule has 3 nitrogen and oxygen atoms in total. The highest BCUT2D eigenvalue weighted by molar-refractivity contribution is 5.15. The van der Waals surface area contributed by atoms with Crippen LogP contribution in [-0.4, -0.2) is 14.7 Å². The summed E-state index contributed by atoms with van der Waals surface area (Å²) in [6.45, 7) is -0.699. The SMILES string of the molecule is Cn1cnc(CO)c1C(F)(F)F. The Kier molecular flexibility index (Phi) is 2.10. The first kappa shape index (κ1) is 9.05. The van der Waals surface area contributed by atoms with Gasteiger partial charge in [0.15, 0.2) is 0 Å². The summed E-state index contributed by atoms with van der Waals surface area (Å²) in [6.07, 6.45) is -3.43. The van der Waals surface area contributed by atoms with Gasteiger partial charge in [-0.3, -0.25) is 0 Å². The van der Waals surface area contributed by atoms with E-state index in [0.29, 0.717) is 0 Å². The maximum absolute atomic E-state index is 12.2. The summed E-state index contributed by atoms with van der Waals surface area (Å²) in [6, 6.07) is 0. The normalized spacial score (nSPS) is 12.1. The van der Waals surface area contributed by atoms with E-state index in [1.165, 1.54) is 7.05 Å². The first-order chi connectivity index (χ1) is 5.46. The minimum atomic E-state index is -4.46. The van der Waals surface area contributed by atoms with Crippen molar-refractivity contribution in [3.8, 4) is 0 Å². The molecule has 1 rings (SSSR count). The van der Waals surface area contributed by atoms with Gasteiger partial charge >= 0.3 is 6.18 Å². The third-order valence-corrected chi connectivity index (χ3v) is 1.43.